The Labute approximate surface area is 107 Å². The number of thiazole rings is 1. The number of aromatic nitrogens is 1. The molecular weight excluding hydrogens is 234 g/mol. The van der Waals surface area contributed by atoms with Gasteiger partial charge in [0.05, 0.1) is 5.69 Å². The van der Waals surface area contributed by atoms with Crippen molar-refractivity contribution < 1.29 is 4.79 Å². The molecule has 96 valence electrons. The maximum atomic E-state index is 11.8. The second kappa shape index (κ2) is 6.71. The number of rotatable bonds is 6. The van der Waals surface area contributed by atoms with E-state index >= 15 is 0 Å². The normalized spacial score (nSPS) is 14.4. The average molecular weight is 255 g/mol. The van der Waals surface area contributed by atoms with Crippen LogP contribution >= 0.6 is 11.3 Å². The number of carbonyl (C=O) groups is 1. The van der Waals surface area contributed by atoms with Gasteiger partial charge in [-0.2, -0.15) is 0 Å². The van der Waals surface area contributed by atoms with Crippen molar-refractivity contribution in [3.05, 3.63) is 11.1 Å². The summed E-state index contributed by atoms with van der Waals surface area (Å²) in [7, 11) is 0. The minimum Gasteiger partial charge on any atom is -0.328 e. The van der Waals surface area contributed by atoms with Gasteiger partial charge in [0.15, 0.2) is 5.13 Å². The minimum absolute atomic E-state index is 0.0120. The highest BCUT2D eigenvalue weighted by molar-refractivity contribution is 7.13. The first-order valence-corrected chi connectivity index (χ1v) is 6.85. The van der Waals surface area contributed by atoms with Gasteiger partial charge in [0.2, 0.25) is 5.91 Å². The Hall–Kier alpha value is -0.940. The molecule has 0 radical (unpaired) electrons. The predicted octanol–water partition coefficient (Wildman–Crippen LogP) is 2.54. The van der Waals surface area contributed by atoms with Gasteiger partial charge in [-0.15, -0.1) is 11.3 Å². The van der Waals surface area contributed by atoms with E-state index in [1.54, 1.807) is 0 Å². The summed E-state index contributed by atoms with van der Waals surface area (Å²) in [6.45, 7) is 5.85. The average Bonchev–Trinajstić information content (AvgIpc) is 2.63. The second-order valence-electron chi connectivity index (χ2n) is 4.59. The summed E-state index contributed by atoms with van der Waals surface area (Å²) < 4.78 is 0. The third kappa shape index (κ3) is 5.28. The molecule has 1 aromatic rings. The van der Waals surface area contributed by atoms with E-state index in [4.69, 9.17) is 5.73 Å². The Kier molecular flexibility index (Phi) is 5.58. The van der Waals surface area contributed by atoms with Crippen LogP contribution in [0.3, 0.4) is 0 Å². The lowest BCUT2D eigenvalue weighted by atomic mass is 10.0. The number of amides is 1. The van der Waals surface area contributed by atoms with Crippen molar-refractivity contribution in [2.24, 2.45) is 11.7 Å². The maximum Gasteiger partial charge on any atom is 0.228 e. The Balaban J connectivity index is 2.32. The highest BCUT2D eigenvalue weighted by Crippen LogP contribution is 2.17. The molecule has 0 spiro atoms. The lowest BCUT2D eigenvalue weighted by Crippen LogP contribution is -2.21. The van der Waals surface area contributed by atoms with Crippen molar-refractivity contribution in [3.63, 3.8) is 0 Å². The van der Waals surface area contributed by atoms with E-state index in [2.05, 4.69) is 10.3 Å². The molecule has 3 N–H and O–H groups in total. The molecule has 2 atom stereocenters. The molecule has 0 aliphatic heterocycles. The van der Waals surface area contributed by atoms with Gasteiger partial charge < -0.3 is 11.1 Å². The molecule has 0 saturated carbocycles. The van der Waals surface area contributed by atoms with Crippen LogP contribution in [-0.2, 0) is 4.79 Å². The van der Waals surface area contributed by atoms with E-state index in [9.17, 15) is 4.79 Å². The molecule has 5 heteroatoms. The van der Waals surface area contributed by atoms with Crippen LogP contribution in [0.15, 0.2) is 5.38 Å². The largest absolute Gasteiger partial charge is 0.328 e. The van der Waals surface area contributed by atoms with Crippen LogP contribution in [0.25, 0.3) is 0 Å². The smallest absolute Gasteiger partial charge is 0.228 e. The van der Waals surface area contributed by atoms with Crippen molar-refractivity contribution in [2.45, 2.75) is 46.1 Å². The predicted molar refractivity (Wildman–Crippen MR) is 72.1 cm³/mol. The number of aryl methyl sites for hydroxylation is 1. The first-order chi connectivity index (χ1) is 7.99. The van der Waals surface area contributed by atoms with Gasteiger partial charge >= 0.3 is 0 Å². The van der Waals surface area contributed by atoms with E-state index in [-0.39, 0.29) is 17.9 Å². The summed E-state index contributed by atoms with van der Waals surface area (Å²) in [4.78, 5) is 16.0. The zero-order valence-corrected chi connectivity index (χ0v) is 11.5. The number of nitrogens with one attached hydrogen (secondary N) is 1. The fraction of sp³-hybridized carbons (Fsp3) is 0.667. The zero-order chi connectivity index (χ0) is 12.8. The second-order valence-corrected chi connectivity index (χ2v) is 5.45. The van der Waals surface area contributed by atoms with Crippen LogP contribution in [0.2, 0.25) is 0 Å². The standard InChI is InChI=1S/C12H21N3OS/c1-8(5-4-6-9(2)13)11(16)15-12-14-10(3)7-17-12/h7-9H,4-6,13H2,1-3H3,(H,14,15,16). The number of nitrogens with zero attached hydrogens (tertiary/aromatic N) is 1. The summed E-state index contributed by atoms with van der Waals surface area (Å²) >= 11 is 1.46. The summed E-state index contributed by atoms with van der Waals surface area (Å²) in [5.74, 6) is 0.0574. The van der Waals surface area contributed by atoms with Gasteiger partial charge in [0.1, 0.15) is 0 Å². The third-order valence-electron chi connectivity index (χ3n) is 2.59. The molecule has 2 unspecified atom stereocenters. The molecular formula is C12H21N3OS. The molecule has 0 bridgehead atoms. The first kappa shape index (κ1) is 14.1. The van der Waals surface area contributed by atoms with Gasteiger partial charge in [-0.1, -0.05) is 13.3 Å². The summed E-state index contributed by atoms with van der Waals surface area (Å²) in [5, 5.41) is 5.45. The number of hydrogen-bond acceptors (Lipinski definition) is 4. The van der Waals surface area contributed by atoms with E-state index in [1.165, 1.54) is 11.3 Å². The van der Waals surface area contributed by atoms with Gasteiger partial charge in [0.25, 0.3) is 0 Å². The molecule has 17 heavy (non-hydrogen) atoms. The van der Waals surface area contributed by atoms with Crippen molar-refractivity contribution in [1.82, 2.24) is 4.98 Å². The van der Waals surface area contributed by atoms with E-state index in [0.717, 1.165) is 25.0 Å². The summed E-state index contributed by atoms with van der Waals surface area (Å²) in [6, 6.07) is 0.215. The molecule has 1 amide bonds. The summed E-state index contributed by atoms with van der Waals surface area (Å²) in [5.41, 5.74) is 6.61. The number of hydrogen-bond donors (Lipinski definition) is 2. The lowest BCUT2D eigenvalue weighted by Gasteiger charge is -2.11. The van der Waals surface area contributed by atoms with Gasteiger partial charge in [-0.05, 0) is 26.7 Å². The van der Waals surface area contributed by atoms with Crippen LogP contribution in [0.5, 0.6) is 0 Å². The quantitative estimate of drug-likeness (QED) is 0.820. The van der Waals surface area contributed by atoms with Gasteiger partial charge in [-0.3, -0.25) is 4.79 Å². The number of carbonyl (C=O) groups excluding carboxylic acids is 1. The van der Waals surface area contributed by atoms with Crippen molar-refractivity contribution in [1.29, 1.82) is 0 Å². The Morgan fingerprint density at radius 3 is 2.76 bits per heavy atom. The van der Waals surface area contributed by atoms with E-state index in [1.807, 2.05) is 26.2 Å². The molecule has 0 saturated heterocycles. The molecule has 0 fully saturated rings. The molecule has 0 aliphatic carbocycles. The Bertz CT molecular complexity index is 362. The van der Waals surface area contributed by atoms with Crippen LogP contribution in [0, 0.1) is 12.8 Å². The number of anilines is 1. The molecule has 0 aromatic carbocycles. The van der Waals surface area contributed by atoms with Gasteiger partial charge in [0, 0.05) is 17.3 Å². The number of nitrogens with two attached hydrogens (primary N) is 1. The topological polar surface area (TPSA) is 68.0 Å². The highest BCUT2D eigenvalue weighted by Gasteiger charge is 2.14. The lowest BCUT2D eigenvalue weighted by molar-refractivity contribution is -0.119. The molecule has 1 rings (SSSR count). The highest BCUT2D eigenvalue weighted by atomic mass is 32.1. The van der Waals surface area contributed by atoms with E-state index < -0.39 is 0 Å². The zero-order valence-electron chi connectivity index (χ0n) is 10.7. The molecule has 1 heterocycles. The maximum absolute atomic E-state index is 11.8. The van der Waals surface area contributed by atoms with Crippen LogP contribution < -0.4 is 11.1 Å². The monoisotopic (exact) mass is 255 g/mol. The SMILES string of the molecule is Cc1csc(NC(=O)C(C)CCCC(C)N)n1. The van der Waals surface area contributed by atoms with Crippen molar-refractivity contribution >= 4 is 22.4 Å². The fourth-order valence-electron chi connectivity index (χ4n) is 1.52. The molecule has 1 aromatic heterocycles. The summed E-state index contributed by atoms with van der Waals surface area (Å²) in [6.07, 6.45) is 2.83. The third-order valence-corrected chi connectivity index (χ3v) is 3.47. The van der Waals surface area contributed by atoms with Crippen molar-refractivity contribution in [3.8, 4) is 0 Å². The Morgan fingerprint density at radius 2 is 2.24 bits per heavy atom. The minimum atomic E-state index is 0.0120. The van der Waals surface area contributed by atoms with Crippen LogP contribution in [0.1, 0.15) is 38.8 Å². The Morgan fingerprint density at radius 1 is 1.53 bits per heavy atom. The van der Waals surface area contributed by atoms with Gasteiger partial charge in [-0.25, -0.2) is 4.98 Å². The van der Waals surface area contributed by atoms with Crippen LogP contribution in [0.4, 0.5) is 5.13 Å². The van der Waals surface area contributed by atoms with Crippen molar-refractivity contribution in [2.75, 3.05) is 5.32 Å². The van der Waals surface area contributed by atoms with Crippen LogP contribution in [-0.4, -0.2) is 16.9 Å². The molecule has 0 aliphatic rings. The molecule has 4 nitrogen and oxygen atoms in total. The van der Waals surface area contributed by atoms with E-state index in [0.29, 0.717) is 5.13 Å². The fourth-order valence-corrected chi connectivity index (χ4v) is 2.21. The first-order valence-electron chi connectivity index (χ1n) is 5.97.